The zero-order chi connectivity index (χ0) is 26.3. The van der Waals surface area contributed by atoms with Crippen LogP contribution in [-0.2, 0) is 19.1 Å². The summed E-state index contributed by atoms with van der Waals surface area (Å²) < 4.78 is 17.2. The van der Waals surface area contributed by atoms with E-state index in [-0.39, 0.29) is 12.2 Å². The van der Waals surface area contributed by atoms with E-state index in [1.807, 2.05) is 24.3 Å². The summed E-state index contributed by atoms with van der Waals surface area (Å²) in [5.41, 5.74) is 3.77. The molecule has 2 aromatic carbocycles. The highest BCUT2D eigenvalue weighted by molar-refractivity contribution is 5.88. The van der Waals surface area contributed by atoms with Crippen molar-refractivity contribution in [3.63, 3.8) is 0 Å². The SMILES string of the molecule is O=C(CCCC/C=C(\CNCCN1CCOCC1)COc1cccc2ccccc12)NOC1CCCCO1. The molecular formula is C30H43N3O5. The number of hydroxylamine groups is 1. The quantitative estimate of drug-likeness (QED) is 0.205. The minimum Gasteiger partial charge on any atom is -0.489 e. The summed E-state index contributed by atoms with van der Waals surface area (Å²) in [6, 6.07) is 14.5. The van der Waals surface area contributed by atoms with Crippen LogP contribution in [0.25, 0.3) is 10.8 Å². The maximum absolute atomic E-state index is 12.1. The summed E-state index contributed by atoms with van der Waals surface area (Å²) >= 11 is 0. The number of allylic oxidation sites excluding steroid dienone is 1. The van der Waals surface area contributed by atoms with Crippen LogP contribution in [0.3, 0.4) is 0 Å². The van der Waals surface area contributed by atoms with Crippen LogP contribution in [0.4, 0.5) is 0 Å². The van der Waals surface area contributed by atoms with Crippen LogP contribution in [0.5, 0.6) is 5.75 Å². The largest absolute Gasteiger partial charge is 0.489 e. The molecule has 2 N–H and O–H groups in total. The van der Waals surface area contributed by atoms with Gasteiger partial charge in [0.25, 0.3) is 0 Å². The van der Waals surface area contributed by atoms with Gasteiger partial charge < -0.3 is 19.5 Å². The zero-order valence-corrected chi connectivity index (χ0v) is 22.5. The van der Waals surface area contributed by atoms with Crippen LogP contribution in [-0.4, -0.2) is 76.2 Å². The first-order valence-corrected chi connectivity index (χ1v) is 14.1. The second-order valence-corrected chi connectivity index (χ2v) is 9.94. The predicted octanol–water partition coefficient (Wildman–Crippen LogP) is 4.20. The molecule has 0 aromatic heterocycles. The topological polar surface area (TPSA) is 81.3 Å². The van der Waals surface area contributed by atoms with Gasteiger partial charge in [-0.3, -0.25) is 9.69 Å². The number of nitrogens with one attached hydrogen (secondary N) is 2. The lowest BCUT2D eigenvalue weighted by Crippen LogP contribution is -2.40. The van der Waals surface area contributed by atoms with Gasteiger partial charge in [-0.05, 0) is 49.1 Å². The third kappa shape index (κ3) is 10.0. The second kappa shape index (κ2) is 16.5. The molecule has 0 bridgehead atoms. The van der Waals surface area contributed by atoms with Crippen molar-refractivity contribution in [3.8, 4) is 5.75 Å². The number of benzene rings is 2. The summed E-state index contributed by atoms with van der Waals surface area (Å²) in [5, 5.41) is 5.89. The maximum Gasteiger partial charge on any atom is 0.243 e. The Bertz CT molecular complexity index is 997. The van der Waals surface area contributed by atoms with Crippen molar-refractivity contribution in [2.75, 3.05) is 59.2 Å². The molecule has 2 aliphatic rings. The van der Waals surface area contributed by atoms with Gasteiger partial charge in [0, 0.05) is 57.6 Å². The number of nitrogens with zero attached hydrogens (tertiary/aromatic N) is 1. The number of carbonyl (C=O) groups excluding carboxylic acids is 1. The van der Waals surface area contributed by atoms with Gasteiger partial charge in [-0.15, -0.1) is 0 Å². The summed E-state index contributed by atoms with van der Waals surface area (Å²) in [6.45, 7) is 7.60. The van der Waals surface area contributed by atoms with Crippen molar-refractivity contribution >= 4 is 16.7 Å². The molecule has 2 aliphatic heterocycles. The molecule has 4 rings (SSSR count). The Morgan fingerprint density at radius 2 is 1.92 bits per heavy atom. The van der Waals surface area contributed by atoms with Gasteiger partial charge in [0.2, 0.25) is 5.91 Å². The van der Waals surface area contributed by atoms with Gasteiger partial charge in [-0.1, -0.05) is 42.5 Å². The normalized spacial score (nSPS) is 18.9. The molecular weight excluding hydrogens is 482 g/mol. The van der Waals surface area contributed by atoms with E-state index in [9.17, 15) is 4.79 Å². The van der Waals surface area contributed by atoms with Gasteiger partial charge in [0.15, 0.2) is 6.29 Å². The molecule has 208 valence electrons. The fraction of sp³-hybridized carbons (Fsp3) is 0.567. The molecule has 1 atom stereocenters. The summed E-state index contributed by atoms with van der Waals surface area (Å²) in [6.07, 6.45) is 7.99. The van der Waals surface area contributed by atoms with Crippen molar-refractivity contribution in [1.82, 2.24) is 15.7 Å². The van der Waals surface area contributed by atoms with Crippen LogP contribution in [0.15, 0.2) is 54.1 Å². The summed E-state index contributed by atoms with van der Waals surface area (Å²) in [7, 11) is 0. The number of hydrogen-bond donors (Lipinski definition) is 2. The van der Waals surface area contributed by atoms with Gasteiger partial charge in [-0.25, -0.2) is 10.3 Å². The zero-order valence-electron chi connectivity index (χ0n) is 22.5. The van der Waals surface area contributed by atoms with Crippen LogP contribution in [0.1, 0.15) is 44.9 Å². The molecule has 2 heterocycles. The first-order valence-electron chi connectivity index (χ1n) is 14.1. The van der Waals surface area contributed by atoms with Crippen molar-refractivity contribution in [2.24, 2.45) is 0 Å². The van der Waals surface area contributed by atoms with E-state index in [0.29, 0.717) is 19.6 Å². The number of rotatable bonds is 15. The fourth-order valence-electron chi connectivity index (χ4n) is 4.71. The van der Waals surface area contributed by atoms with Gasteiger partial charge in [0.05, 0.1) is 13.2 Å². The van der Waals surface area contributed by atoms with Crippen molar-refractivity contribution in [3.05, 3.63) is 54.1 Å². The minimum atomic E-state index is -0.310. The second-order valence-electron chi connectivity index (χ2n) is 9.94. The molecule has 8 nitrogen and oxygen atoms in total. The third-order valence-electron chi connectivity index (χ3n) is 6.96. The molecule has 0 saturated carbocycles. The van der Waals surface area contributed by atoms with Crippen LogP contribution >= 0.6 is 0 Å². The van der Waals surface area contributed by atoms with E-state index in [2.05, 4.69) is 40.0 Å². The average molecular weight is 526 g/mol. The van der Waals surface area contributed by atoms with Gasteiger partial charge in [-0.2, -0.15) is 0 Å². The maximum atomic E-state index is 12.1. The van der Waals surface area contributed by atoms with E-state index in [1.54, 1.807) is 0 Å². The van der Waals surface area contributed by atoms with Crippen molar-refractivity contribution in [1.29, 1.82) is 0 Å². The number of ether oxygens (including phenoxy) is 3. The molecule has 0 radical (unpaired) electrons. The summed E-state index contributed by atoms with van der Waals surface area (Å²) in [5.74, 6) is 0.813. The molecule has 0 spiro atoms. The van der Waals surface area contributed by atoms with E-state index < -0.39 is 0 Å². The highest BCUT2D eigenvalue weighted by atomic mass is 16.8. The van der Waals surface area contributed by atoms with E-state index >= 15 is 0 Å². The molecule has 8 heteroatoms. The molecule has 2 saturated heterocycles. The molecule has 1 unspecified atom stereocenters. The smallest absolute Gasteiger partial charge is 0.243 e. The van der Waals surface area contributed by atoms with Crippen LogP contribution in [0.2, 0.25) is 0 Å². The summed E-state index contributed by atoms with van der Waals surface area (Å²) in [4.78, 5) is 19.9. The lowest BCUT2D eigenvalue weighted by atomic mass is 10.1. The Hall–Kier alpha value is -2.49. The Morgan fingerprint density at radius 1 is 1.05 bits per heavy atom. The highest BCUT2D eigenvalue weighted by Crippen LogP contribution is 2.25. The fourth-order valence-corrected chi connectivity index (χ4v) is 4.71. The van der Waals surface area contributed by atoms with Crippen LogP contribution in [0, 0.1) is 0 Å². The van der Waals surface area contributed by atoms with Gasteiger partial charge >= 0.3 is 0 Å². The van der Waals surface area contributed by atoms with E-state index in [0.717, 1.165) is 95.6 Å². The number of hydrogen-bond acceptors (Lipinski definition) is 7. The number of amides is 1. The predicted molar refractivity (Wildman–Crippen MR) is 149 cm³/mol. The lowest BCUT2D eigenvalue weighted by Gasteiger charge is -2.26. The Balaban J connectivity index is 1.21. The first kappa shape index (κ1) is 28.5. The van der Waals surface area contributed by atoms with Crippen molar-refractivity contribution < 1.29 is 23.8 Å². The molecule has 1 amide bonds. The number of morpholine rings is 1. The Labute approximate surface area is 226 Å². The standard InChI is InChI=1S/C30H43N3O5/c34-29(32-38-30-15-6-7-20-36-30)14-3-1-2-9-25(23-31-16-17-33-18-21-35-22-19-33)24-37-28-13-8-11-26-10-4-5-12-27(26)28/h4-5,8-13,30-31H,1-3,6-7,14-24H2,(H,32,34)/b25-9+. The highest BCUT2D eigenvalue weighted by Gasteiger charge is 2.15. The number of carbonyl (C=O) groups is 1. The van der Waals surface area contributed by atoms with Gasteiger partial charge in [0.1, 0.15) is 12.4 Å². The minimum absolute atomic E-state index is 0.0903. The average Bonchev–Trinajstić information content (AvgIpc) is 2.97. The Kier molecular flexibility index (Phi) is 12.4. The van der Waals surface area contributed by atoms with E-state index in [1.165, 1.54) is 11.0 Å². The molecule has 38 heavy (non-hydrogen) atoms. The number of unbranched alkanes of at least 4 members (excludes halogenated alkanes) is 2. The third-order valence-corrected chi connectivity index (χ3v) is 6.96. The van der Waals surface area contributed by atoms with E-state index in [4.69, 9.17) is 19.0 Å². The lowest BCUT2D eigenvalue weighted by molar-refractivity contribution is -0.200. The van der Waals surface area contributed by atoms with Crippen LogP contribution < -0.4 is 15.5 Å². The monoisotopic (exact) mass is 525 g/mol. The number of fused-ring (bicyclic) bond motifs is 1. The Morgan fingerprint density at radius 3 is 2.79 bits per heavy atom. The molecule has 2 fully saturated rings. The first-order chi connectivity index (χ1) is 18.8. The van der Waals surface area contributed by atoms with Crippen molar-refractivity contribution in [2.45, 2.75) is 51.2 Å². The molecule has 2 aromatic rings. The molecule has 0 aliphatic carbocycles.